The quantitative estimate of drug-likeness (QED) is 0.572. The predicted octanol–water partition coefficient (Wildman–Crippen LogP) is 1.83. The van der Waals surface area contributed by atoms with Crippen LogP contribution in [-0.4, -0.2) is 11.7 Å². The number of rotatable bonds is 4. The summed E-state index contributed by atoms with van der Waals surface area (Å²) >= 11 is 0. The predicted molar refractivity (Wildman–Crippen MR) is 64.8 cm³/mol. The number of aromatic hydroxyl groups is 1. The van der Waals surface area contributed by atoms with Crippen LogP contribution < -0.4 is 11.5 Å². The van der Waals surface area contributed by atoms with E-state index in [9.17, 15) is 5.11 Å². The number of phenolic OH excluding ortho intramolecular Hbond substituents is 1. The third kappa shape index (κ3) is 3.98. The van der Waals surface area contributed by atoms with E-state index in [1.54, 1.807) is 12.1 Å². The van der Waals surface area contributed by atoms with E-state index in [4.69, 9.17) is 11.5 Å². The van der Waals surface area contributed by atoms with Crippen molar-refractivity contribution in [2.24, 2.45) is 5.73 Å². The molecule has 0 atom stereocenters. The lowest BCUT2D eigenvalue weighted by Crippen LogP contribution is -1.99. The van der Waals surface area contributed by atoms with Gasteiger partial charge in [-0.25, -0.2) is 0 Å². The van der Waals surface area contributed by atoms with Crippen LogP contribution in [-0.2, 0) is 6.42 Å². The Bertz CT molecular complexity index is 279. The summed E-state index contributed by atoms with van der Waals surface area (Å²) in [5.41, 5.74) is 12.4. The Morgan fingerprint density at radius 2 is 1.93 bits per heavy atom. The first-order chi connectivity index (χ1) is 6.24. The molecule has 0 saturated carbocycles. The van der Waals surface area contributed by atoms with Crippen LogP contribution in [0.3, 0.4) is 0 Å². The monoisotopic (exact) mass is 260 g/mol. The number of unbranched alkanes of at least 4 members (excludes halogenated alkanes) is 1. The smallest absolute Gasteiger partial charge is 0.120 e. The van der Waals surface area contributed by atoms with Crippen molar-refractivity contribution < 1.29 is 5.11 Å². The molecule has 0 amide bonds. The van der Waals surface area contributed by atoms with E-state index in [-0.39, 0.29) is 22.7 Å². The first-order valence-electron chi connectivity index (χ1n) is 4.51. The molecule has 3 nitrogen and oxygen atoms in total. The molecule has 5 N–H and O–H groups in total. The highest BCUT2D eigenvalue weighted by Gasteiger charge is 2.00. The SMILES string of the molecule is Br.NCCCCc1ccc(N)cc1O. The number of benzene rings is 1. The van der Waals surface area contributed by atoms with Crippen molar-refractivity contribution in [1.82, 2.24) is 0 Å². The summed E-state index contributed by atoms with van der Waals surface area (Å²) in [6.07, 6.45) is 2.86. The van der Waals surface area contributed by atoms with Gasteiger partial charge in [-0.3, -0.25) is 0 Å². The van der Waals surface area contributed by atoms with Crippen LogP contribution in [0.4, 0.5) is 5.69 Å². The molecule has 0 spiro atoms. The summed E-state index contributed by atoms with van der Waals surface area (Å²) in [6, 6.07) is 5.25. The van der Waals surface area contributed by atoms with Gasteiger partial charge in [-0.1, -0.05) is 6.07 Å². The highest BCUT2D eigenvalue weighted by molar-refractivity contribution is 8.93. The largest absolute Gasteiger partial charge is 0.508 e. The highest BCUT2D eigenvalue weighted by Crippen LogP contribution is 2.21. The molecule has 4 heteroatoms. The minimum atomic E-state index is 0. The zero-order valence-electron chi connectivity index (χ0n) is 8.07. The molecular weight excluding hydrogens is 244 g/mol. The molecule has 0 saturated heterocycles. The lowest BCUT2D eigenvalue weighted by molar-refractivity contribution is 0.467. The van der Waals surface area contributed by atoms with Gasteiger partial charge in [-0.05, 0) is 37.4 Å². The second-order valence-electron chi connectivity index (χ2n) is 3.13. The maximum Gasteiger partial charge on any atom is 0.120 e. The summed E-state index contributed by atoms with van der Waals surface area (Å²) < 4.78 is 0. The standard InChI is InChI=1S/C10H16N2O.BrH/c11-6-2-1-3-8-4-5-9(12)7-10(8)13;/h4-5,7,13H,1-3,6,11-12H2;1H. The summed E-state index contributed by atoms with van der Waals surface area (Å²) in [5.74, 6) is 0.289. The summed E-state index contributed by atoms with van der Waals surface area (Å²) in [6.45, 7) is 0.704. The van der Waals surface area contributed by atoms with Crippen molar-refractivity contribution in [2.45, 2.75) is 19.3 Å². The molecule has 14 heavy (non-hydrogen) atoms. The van der Waals surface area contributed by atoms with Crippen molar-refractivity contribution in [3.63, 3.8) is 0 Å². The minimum absolute atomic E-state index is 0. The molecule has 0 aliphatic heterocycles. The van der Waals surface area contributed by atoms with Crippen LogP contribution in [0, 0.1) is 0 Å². The second-order valence-corrected chi connectivity index (χ2v) is 3.13. The molecule has 0 aliphatic rings. The maximum atomic E-state index is 9.48. The van der Waals surface area contributed by atoms with E-state index in [0.717, 1.165) is 24.8 Å². The van der Waals surface area contributed by atoms with Gasteiger partial charge in [-0.15, -0.1) is 17.0 Å². The van der Waals surface area contributed by atoms with Crippen LogP contribution >= 0.6 is 17.0 Å². The van der Waals surface area contributed by atoms with E-state index < -0.39 is 0 Å². The van der Waals surface area contributed by atoms with Crippen LogP contribution in [0.5, 0.6) is 5.75 Å². The molecule has 80 valence electrons. The fourth-order valence-electron chi connectivity index (χ4n) is 1.25. The second kappa shape index (κ2) is 6.68. The molecule has 0 heterocycles. The van der Waals surface area contributed by atoms with Gasteiger partial charge >= 0.3 is 0 Å². The third-order valence-electron chi connectivity index (χ3n) is 2.01. The van der Waals surface area contributed by atoms with E-state index >= 15 is 0 Å². The molecule has 0 bridgehead atoms. The molecule has 1 rings (SSSR count). The summed E-state index contributed by atoms with van der Waals surface area (Å²) in [5, 5.41) is 9.48. The number of aryl methyl sites for hydroxylation is 1. The van der Waals surface area contributed by atoms with Crippen molar-refractivity contribution in [3.05, 3.63) is 23.8 Å². The Kier molecular flexibility index (Phi) is 6.32. The van der Waals surface area contributed by atoms with Gasteiger partial charge in [0.05, 0.1) is 0 Å². The molecule has 1 aromatic carbocycles. The first-order valence-corrected chi connectivity index (χ1v) is 4.51. The fraction of sp³-hybridized carbons (Fsp3) is 0.400. The van der Waals surface area contributed by atoms with E-state index in [0.29, 0.717) is 12.2 Å². The van der Waals surface area contributed by atoms with Gasteiger partial charge in [0.2, 0.25) is 0 Å². The van der Waals surface area contributed by atoms with Gasteiger partial charge in [-0.2, -0.15) is 0 Å². The Balaban J connectivity index is 0.00000169. The number of nitrogen functional groups attached to an aromatic ring is 1. The number of anilines is 1. The van der Waals surface area contributed by atoms with E-state index in [1.807, 2.05) is 6.07 Å². The molecule has 0 aliphatic carbocycles. The Morgan fingerprint density at radius 1 is 1.21 bits per heavy atom. The fourth-order valence-corrected chi connectivity index (χ4v) is 1.25. The molecule has 1 aromatic rings. The normalized spacial score (nSPS) is 9.50. The van der Waals surface area contributed by atoms with Gasteiger partial charge in [0, 0.05) is 11.8 Å². The Labute approximate surface area is 94.9 Å². The average Bonchev–Trinajstić information content (AvgIpc) is 2.09. The third-order valence-corrected chi connectivity index (χ3v) is 2.01. The van der Waals surface area contributed by atoms with Crippen molar-refractivity contribution in [1.29, 1.82) is 0 Å². The number of halogens is 1. The van der Waals surface area contributed by atoms with Crippen molar-refractivity contribution in [2.75, 3.05) is 12.3 Å². The van der Waals surface area contributed by atoms with Crippen LogP contribution in [0.1, 0.15) is 18.4 Å². The highest BCUT2D eigenvalue weighted by atomic mass is 79.9. The molecule has 0 fully saturated rings. The zero-order valence-corrected chi connectivity index (χ0v) is 9.78. The van der Waals surface area contributed by atoms with Crippen LogP contribution in [0.15, 0.2) is 18.2 Å². The summed E-state index contributed by atoms with van der Waals surface area (Å²) in [4.78, 5) is 0. The minimum Gasteiger partial charge on any atom is -0.508 e. The topological polar surface area (TPSA) is 72.3 Å². The maximum absolute atomic E-state index is 9.48. The van der Waals surface area contributed by atoms with E-state index in [1.165, 1.54) is 0 Å². The molecule has 0 unspecified atom stereocenters. The van der Waals surface area contributed by atoms with Crippen LogP contribution in [0.2, 0.25) is 0 Å². The number of hydrogen-bond donors (Lipinski definition) is 3. The Hall–Kier alpha value is -0.740. The number of phenols is 1. The van der Waals surface area contributed by atoms with Crippen molar-refractivity contribution >= 4 is 22.7 Å². The first kappa shape index (κ1) is 13.3. The summed E-state index contributed by atoms with van der Waals surface area (Å²) in [7, 11) is 0. The van der Waals surface area contributed by atoms with Crippen LogP contribution in [0.25, 0.3) is 0 Å². The van der Waals surface area contributed by atoms with Gasteiger partial charge in [0.25, 0.3) is 0 Å². The number of nitrogens with two attached hydrogens (primary N) is 2. The van der Waals surface area contributed by atoms with Gasteiger partial charge < -0.3 is 16.6 Å². The molecule has 0 radical (unpaired) electrons. The average molecular weight is 261 g/mol. The van der Waals surface area contributed by atoms with Crippen molar-refractivity contribution in [3.8, 4) is 5.75 Å². The Morgan fingerprint density at radius 3 is 2.50 bits per heavy atom. The lowest BCUT2D eigenvalue weighted by Gasteiger charge is -2.04. The molecule has 0 aromatic heterocycles. The van der Waals surface area contributed by atoms with E-state index in [2.05, 4.69) is 0 Å². The van der Waals surface area contributed by atoms with Gasteiger partial charge in [0.15, 0.2) is 0 Å². The lowest BCUT2D eigenvalue weighted by atomic mass is 10.1. The zero-order chi connectivity index (χ0) is 9.68. The van der Waals surface area contributed by atoms with Gasteiger partial charge in [0.1, 0.15) is 5.75 Å². The number of hydrogen-bond acceptors (Lipinski definition) is 3. The molecular formula is C10H17BrN2O.